The number of piperidine rings is 4. The van der Waals surface area contributed by atoms with Crippen LogP contribution < -0.4 is 19.9 Å². The van der Waals surface area contributed by atoms with Crippen molar-refractivity contribution in [1.82, 2.24) is 39.9 Å². The number of phenolic OH excluding ortho intramolecular Hbond substituents is 1. The molecule has 6 saturated heterocycles. The molecule has 2 N–H and O–H groups in total. The molecule has 2 aromatic heterocycles. The lowest BCUT2D eigenvalue weighted by atomic mass is 9.82. The molecule has 21 heteroatoms. The quantitative estimate of drug-likeness (QED) is 0.0575. The molecule has 0 radical (unpaired) electrons. The maximum absolute atomic E-state index is 17.9. The van der Waals surface area contributed by atoms with Gasteiger partial charge >= 0.3 is 12.1 Å². The highest BCUT2D eigenvalue weighted by molar-refractivity contribution is 6.90. The standard InChI is InChI=1S/C71H91F3N10O7Si/c1-42(2)92(43(3)4,44(5)6)33-24-53-57(72)14-10-48-35-51(85)36-54(61(48)53)64-63(74)65-55(37-75-64)66(82-39-49-11-12-50(40-82)84(49)70(89)91-71(7,8)9)78-69(77-65)90-32-31-79-25-18-45(19-26-79)34-46-20-27-80(28-21-46)38-47-22-29-81(30-23-47)58-15-13-52-56(62(58)73)41-83(68(52)88)59-16-17-60(86)76-67(59)87/h10,13-15,35-37,42-47,49-50,59,85H,11-12,16-23,25-32,34,38-41H2,1-9H3,(H,76,86,87). The van der Waals surface area contributed by atoms with E-state index in [1.54, 1.807) is 30.5 Å². The van der Waals surface area contributed by atoms with E-state index in [1.807, 2.05) is 25.7 Å². The summed E-state index contributed by atoms with van der Waals surface area (Å²) in [6, 6.07) is 8.21. The molecular weight excluding hydrogens is 1190 g/mol. The van der Waals surface area contributed by atoms with E-state index in [4.69, 9.17) is 24.4 Å². The Bertz CT molecular complexity index is 3680. The van der Waals surface area contributed by atoms with Gasteiger partial charge in [0.25, 0.3) is 5.91 Å². The lowest BCUT2D eigenvalue weighted by Gasteiger charge is -2.42. The van der Waals surface area contributed by atoms with Crippen molar-refractivity contribution in [2.24, 2.45) is 17.8 Å². The fourth-order valence-electron chi connectivity index (χ4n) is 16.7. The molecule has 7 aliphatic rings. The van der Waals surface area contributed by atoms with Gasteiger partial charge in [-0.2, -0.15) is 9.97 Å². The molecule has 492 valence electrons. The van der Waals surface area contributed by atoms with Crippen LogP contribution in [-0.4, -0.2) is 167 Å². The Morgan fingerprint density at radius 2 is 1.42 bits per heavy atom. The first-order chi connectivity index (χ1) is 43.9. The number of nitrogens with zero attached hydrogens (tertiary/aromatic N) is 9. The number of carbonyl (C=O) groups is 4. The number of anilines is 2. The molecule has 17 nitrogen and oxygen atoms in total. The highest BCUT2D eigenvalue weighted by atomic mass is 28.3. The second kappa shape index (κ2) is 26.4. The van der Waals surface area contributed by atoms with Crippen molar-refractivity contribution in [3.05, 3.63) is 76.7 Å². The molecule has 2 bridgehead atoms. The Balaban J connectivity index is 0.682. The van der Waals surface area contributed by atoms with Crippen LogP contribution >= 0.6 is 0 Å². The minimum absolute atomic E-state index is 0.0145. The number of nitrogens with one attached hydrogen (secondary N) is 1. The van der Waals surface area contributed by atoms with Crippen LogP contribution in [0.4, 0.5) is 29.5 Å². The third-order valence-corrected chi connectivity index (χ3v) is 27.7. The van der Waals surface area contributed by atoms with E-state index < -0.39 is 37.3 Å². The van der Waals surface area contributed by atoms with Gasteiger partial charge in [0.05, 0.1) is 35.3 Å². The summed E-state index contributed by atoms with van der Waals surface area (Å²) in [7, 11) is -2.35. The van der Waals surface area contributed by atoms with E-state index in [2.05, 4.69) is 77.9 Å². The number of carbonyl (C=O) groups excluding carboxylic acids is 4. The van der Waals surface area contributed by atoms with Gasteiger partial charge in [-0.15, -0.1) is 5.54 Å². The van der Waals surface area contributed by atoms with Crippen molar-refractivity contribution in [2.45, 2.75) is 180 Å². The molecule has 92 heavy (non-hydrogen) atoms. The Morgan fingerprint density at radius 3 is 2.07 bits per heavy atom. The summed E-state index contributed by atoms with van der Waals surface area (Å²) >= 11 is 0. The first-order valence-corrected chi connectivity index (χ1v) is 36.1. The van der Waals surface area contributed by atoms with Gasteiger partial charge in [0.2, 0.25) is 11.8 Å². The minimum atomic E-state index is -2.35. The first-order valence-electron chi connectivity index (χ1n) is 33.8. The number of phenols is 1. The second-order valence-corrected chi connectivity index (χ2v) is 34.8. The van der Waals surface area contributed by atoms with Crippen LogP contribution in [0.25, 0.3) is 32.9 Å². The Morgan fingerprint density at radius 1 is 0.772 bits per heavy atom. The van der Waals surface area contributed by atoms with Crippen LogP contribution in [0.2, 0.25) is 16.6 Å². The molecule has 3 aromatic carbocycles. The topological polar surface area (TPSA) is 177 Å². The molecule has 6 fully saturated rings. The van der Waals surface area contributed by atoms with Crippen molar-refractivity contribution < 1.29 is 46.9 Å². The summed E-state index contributed by atoms with van der Waals surface area (Å²) in [5.41, 5.74) is 5.18. The number of rotatable bonds is 15. The fraction of sp³-hybridized carbons (Fsp3) is 0.592. The van der Waals surface area contributed by atoms with Crippen molar-refractivity contribution in [3.8, 4) is 34.5 Å². The number of aromatic nitrogens is 3. The summed E-state index contributed by atoms with van der Waals surface area (Å²) in [6.45, 7) is 27.1. The number of pyridine rings is 1. The number of amides is 4. The highest BCUT2D eigenvalue weighted by Crippen LogP contribution is 2.44. The summed E-state index contributed by atoms with van der Waals surface area (Å²) in [5, 5.41) is 14.7. The van der Waals surface area contributed by atoms with Gasteiger partial charge in [0, 0.05) is 74.0 Å². The lowest BCUT2D eigenvalue weighted by Crippen LogP contribution is -2.57. The Hall–Kier alpha value is -7.02. The molecule has 0 aliphatic carbocycles. The predicted octanol–water partition coefficient (Wildman–Crippen LogP) is 12.0. The number of ether oxygens (including phenoxy) is 2. The Kier molecular flexibility index (Phi) is 18.7. The fourth-order valence-corrected chi connectivity index (χ4v) is 21.9. The van der Waals surface area contributed by atoms with Gasteiger partial charge in [-0.3, -0.25) is 34.5 Å². The summed E-state index contributed by atoms with van der Waals surface area (Å²) in [6.07, 6.45) is 10.9. The van der Waals surface area contributed by atoms with E-state index in [-0.39, 0.29) is 113 Å². The van der Waals surface area contributed by atoms with Crippen molar-refractivity contribution >= 4 is 65.1 Å². The number of hydrogen-bond acceptors (Lipinski definition) is 14. The van der Waals surface area contributed by atoms with Crippen molar-refractivity contribution in [1.29, 1.82) is 0 Å². The minimum Gasteiger partial charge on any atom is -0.508 e. The first kappa shape index (κ1) is 65.1. The van der Waals surface area contributed by atoms with Gasteiger partial charge in [0.1, 0.15) is 54.9 Å². The normalized spacial score (nSPS) is 21.7. The maximum Gasteiger partial charge on any atom is 0.410 e. The van der Waals surface area contributed by atoms with Crippen LogP contribution in [-0.2, 0) is 20.9 Å². The van der Waals surface area contributed by atoms with Gasteiger partial charge in [-0.25, -0.2) is 18.0 Å². The zero-order valence-electron chi connectivity index (χ0n) is 55.1. The van der Waals surface area contributed by atoms with Gasteiger partial charge < -0.3 is 34.2 Å². The van der Waals surface area contributed by atoms with Gasteiger partial charge in [0.15, 0.2) is 11.6 Å². The van der Waals surface area contributed by atoms with Gasteiger partial charge in [-0.1, -0.05) is 53.5 Å². The summed E-state index contributed by atoms with van der Waals surface area (Å²) in [5.74, 6) is 2.57. The number of aromatic hydroxyl groups is 1. The molecule has 0 spiro atoms. The number of likely N-dealkylation sites (tertiary alicyclic amines) is 2. The lowest BCUT2D eigenvalue weighted by molar-refractivity contribution is -0.136. The predicted molar refractivity (Wildman–Crippen MR) is 353 cm³/mol. The number of piperazine rings is 1. The molecule has 7 aliphatic heterocycles. The molecule has 5 aromatic rings. The van der Waals surface area contributed by atoms with Crippen molar-refractivity contribution in [2.75, 3.05) is 81.9 Å². The zero-order valence-corrected chi connectivity index (χ0v) is 56.1. The monoisotopic (exact) mass is 1280 g/mol. The van der Waals surface area contributed by atoms with Gasteiger partial charge in [-0.05, 0) is 181 Å². The molecule has 3 unspecified atom stereocenters. The molecule has 4 amide bonds. The number of halogens is 3. The smallest absolute Gasteiger partial charge is 0.410 e. The molecule has 3 atom stereocenters. The van der Waals surface area contributed by atoms with Crippen LogP contribution in [0.15, 0.2) is 42.6 Å². The van der Waals surface area contributed by atoms with Crippen LogP contribution in [0.5, 0.6) is 11.8 Å². The average Bonchev–Trinajstić information content (AvgIpc) is 1.01. The second-order valence-electron chi connectivity index (χ2n) is 29.2. The van der Waals surface area contributed by atoms with E-state index >= 15 is 13.2 Å². The van der Waals surface area contributed by atoms with E-state index in [1.165, 1.54) is 36.3 Å². The number of benzene rings is 3. The van der Waals surface area contributed by atoms with E-state index in [0.29, 0.717) is 76.2 Å². The van der Waals surface area contributed by atoms with Crippen LogP contribution in [0, 0.1) is 46.7 Å². The largest absolute Gasteiger partial charge is 0.508 e. The maximum atomic E-state index is 17.9. The van der Waals surface area contributed by atoms with Crippen LogP contribution in [0.3, 0.4) is 0 Å². The molecule has 9 heterocycles. The highest BCUT2D eigenvalue weighted by Gasteiger charge is 2.47. The van der Waals surface area contributed by atoms with Crippen LogP contribution in [0.1, 0.15) is 154 Å². The Labute approximate surface area is 540 Å². The summed E-state index contributed by atoms with van der Waals surface area (Å²) < 4.78 is 62.7. The van der Waals surface area contributed by atoms with E-state index in [9.17, 15) is 24.3 Å². The average molecular weight is 1280 g/mol. The third-order valence-electron chi connectivity index (χ3n) is 21.4. The summed E-state index contributed by atoms with van der Waals surface area (Å²) in [4.78, 5) is 78.2. The molecular formula is C71H91F3N10O7Si. The number of imide groups is 1. The molecule has 12 rings (SSSR count). The molecule has 0 saturated carbocycles. The third kappa shape index (κ3) is 13.0. The van der Waals surface area contributed by atoms with E-state index in [0.717, 1.165) is 84.3 Å². The number of fused-ring (bicyclic) bond motifs is 5. The zero-order chi connectivity index (χ0) is 65.1. The number of hydrogen-bond donors (Lipinski definition) is 2. The van der Waals surface area contributed by atoms with Crippen molar-refractivity contribution in [3.63, 3.8) is 0 Å². The SMILES string of the molecule is CC(C)[Si](C#Cc1c(F)ccc2cc(O)cc(-c3ncc4c(N5CC6CCC(C5)N6C(=O)OC(C)(C)C)nc(OCCN5CCC(CC6CCN(CC7CCN(c8ccc9c(c8F)CN(C8CCC(=O)NC8=O)C9=O)CC7)CC6)CC5)nc4c3F)c12)(C(C)C)C(C)C.